The molecule has 0 bridgehead atoms. The Morgan fingerprint density at radius 1 is 1.40 bits per heavy atom. The van der Waals surface area contributed by atoms with Gasteiger partial charge in [-0.05, 0) is 35.3 Å². The van der Waals surface area contributed by atoms with Crippen molar-refractivity contribution < 1.29 is 0 Å². The fourth-order valence-corrected chi connectivity index (χ4v) is 2.86. The smallest absolute Gasteiger partial charge is 0.0270 e. The van der Waals surface area contributed by atoms with Crippen LogP contribution in [0.1, 0.15) is 47.0 Å². The van der Waals surface area contributed by atoms with Gasteiger partial charge >= 0.3 is 0 Å². The van der Waals surface area contributed by atoms with Gasteiger partial charge in [0, 0.05) is 25.0 Å². The molecule has 1 aliphatic rings. The van der Waals surface area contributed by atoms with Crippen molar-refractivity contribution in [3.8, 4) is 0 Å². The summed E-state index contributed by atoms with van der Waals surface area (Å²) in [5, 5.41) is 10.7. The third-order valence-electron chi connectivity index (χ3n) is 4.09. The van der Waals surface area contributed by atoms with Gasteiger partial charge in [0.25, 0.3) is 0 Å². The maximum absolute atomic E-state index is 7.68. The molecule has 2 heteroatoms. The molecule has 0 spiro atoms. The lowest BCUT2D eigenvalue weighted by Gasteiger charge is -2.29. The van der Waals surface area contributed by atoms with Crippen LogP contribution in [0.4, 0.5) is 0 Å². The minimum Gasteiger partial charge on any atom is -0.393 e. The predicted octanol–water partition coefficient (Wildman–Crippen LogP) is 4.70. The Bertz CT molecular complexity index is 413. The van der Waals surface area contributed by atoms with Crippen molar-refractivity contribution in [2.24, 2.45) is 17.8 Å². The van der Waals surface area contributed by atoms with E-state index in [1.165, 1.54) is 36.6 Å². The van der Waals surface area contributed by atoms with Crippen LogP contribution in [0, 0.1) is 23.2 Å². The molecule has 1 rings (SSSR count). The van der Waals surface area contributed by atoms with Crippen molar-refractivity contribution >= 4 is 6.21 Å². The van der Waals surface area contributed by atoms with Gasteiger partial charge in [-0.1, -0.05) is 52.7 Å². The first-order valence-corrected chi connectivity index (χ1v) is 7.87. The second-order valence-corrected chi connectivity index (χ2v) is 6.05. The molecule has 0 aromatic rings. The van der Waals surface area contributed by atoms with Gasteiger partial charge in [0.1, 0.15) is 0 Å². The van der Waals surface area contributed by atoms with Crippen molar-refractivity contribution in [3.05, 3.63) is 35.1 Å². The largest absolute Gasteiger partial charge is 0.393 e. The maximum atomic E-state index is 7.68. The van der Waals surface area contributed by atoms with E-state index in [0.717, 1.165) is 5.57 Å². The molecule has 0 saturated carbocycles. The Balaban J connectivity index is 3.13. The van der Waals surface area contributed by atoms with Crippen LogP contribution < -0.4 is 5.32 Å². The zero-order chi connectivity index (χ0) is 15.1. The number of rotatable bonds is 7. The highest BCUT2D eigenvalue weighted by molar-refractivity contribution is 5.85. The van der Waals surface area contributed by atoms with E-state index >= 15 is 0 Å². The average Bonchev–Trinajstić information content (AvgIpc) is 2.43. The maximum Gasteiger partial charge on any atom is 0.0270 e. The molecule has 2 unspecified atom stereocenters. The highest BCUT2D eigenvalue weighted by atomic mass is 14.8. The average molecular weight is 274 g/mol. The summed E-state index contributed by atoms with van der Waals surface area (Å²) in [7, 11) is 1.89. The van der Waals surface area contributed by atoms with Crippen LogP contribution in [0.3, 0.4) is 0 Å². The fourth-order valence-electron chi connectivity index (χ4n) is 2.86. The van der Waals surface area contributed by atoms with Gasteiger partial charge in [0.05, 0.1) is 0 Å². The van der Waals surface area contributed by atoms with Crippen LogP contribution in [-0.4, -0.2) is 13.3 Å². The fraction of sp³-hybridized carbons (Fsp3) is 0.611. The summed E-state index contributed by atoms with van der Waals surface area (Å²) in [6, 6.07) is 0. The highest BCUT2D eigenvalue weighted by Gasteiger charge is 2.24. The van der Waals surface area contributed by atoms with E-state index < -0.39 is 0 Å². The van der Waals surface area contributed by atoms with Crippen LogP contribution >= 0.6 is 0 Å². The first-order chi connectivity index (χ1) is 9.54. The van der Waals surface area contributed by atoms with Crippen molar-refractivity contribution in [2.45, 2.75) is 47.0 Å². The Labute approximate surface area is 124 Å². The third-order valence-corrected chi connectivity index (χ3v) is 4.09. The Hall–Kier alpha value is -1.31. The van der Waals surface area contributed by atoms with Crippen LogP contribution in [0.5, 0.6) is 0 Å². The molecule has 0 aromatic heterocycles. The lowest BCUT2D eigenvalue weighted by atomic mass is 9.76. The molecule has 2 N–H and O–H groups in total. The summed E-state index contributed by atoms with van der Waals surface area (Å²) in [6.45, 7) is 9.04. The van der Waals surface area contributed by atoms with Crippen molar-refractivity contribution in [3.63, 3.8) is 0 Å². The molecular formula is C18H30N2. The van der Waals surface area contributed by atoms with E-state index in [-0.39, 0.29) is 0 Å². The standard InChI is InChI=1S/C18H30N2/c1-6-7-8-15-10-18(16(11-19)12-20-5)17(13(2)3)9-14(15)4/h9-15,19-20H,6-8H2,1-5H3/b16-12+,19-11?. The van der Waals surface area contributed by atoms with Crippen molar-refractivity contribution in [1.29, 1.82) is 5.41 Å². The Morgan fingerprint density at radius 2 is 2.10 bits per heavy atom. The molecule has 20 heavy (non-hydrogen) atoms. The number of hydrogen-bond acceptors (Lipinski definition) is 2. The van der Waals surface area contributed by atoms with Gasteiger partial charge in [-0.15, -0.1) is 0 Å². The van der Waals surface area contributed by atoms with Crippen LogP contribution in [-0.2, 0) is 0 Å². The first-order valence-electron chi connectivity index (χ1n) is 7.87. The van der Waals surface area contributed by atoms with E-state index in [1.807, 2.05) is 13.2 Å². The SMILES string of the molecule is CCCCC1C=C(/C(C=N)=C/NC)C(C(C)C)=CC1C. The van der Waals surface area contributed by atoms with Crippen molar-refractivity contribution in [1.82, 2.24) is 5.32 Å². The topological polar surface area (TPSA) is 35.9 Å². The summed E-state index contributed by atoms with van der Waals surface area (Å²) in [5.74, 6) is 1.70. The zero-order valence-electron chi connectivity index (χ0n) is 13.7. The summed E-state index contributed by atoms with van der Waals surface area (Å²) in [5.41, 5.74) is 3.62. The second kappa shape index (κ2) is 8.08. The van der Waals surface area contributed by atoms with Gasteiger partial charge in [-0.3, -0.25) is 0 Å². The van der Waals surface area contributed by atoms with E-state index in [0.29, 0.717) is 17.8 Å². The summed E-state index contributed by atoms with van der Waals surface area (Å²) in [4.78, 5) is 0. The van der Waals surface area contributed by atoms with Crippen molar-refractivity contribution in [2.75, 3.05) is 7.05 Å². The van der Waals surface area contributed by atoms with E-state index in [2.05, 4.69) is 45.2 Å². The molecular weight excluding hydrogens is 244 g/mol. The Morgan fingerprint density at radius 3 is 2.60 bits per heavy atom. The zero-order valence-corrected chi connectivity index (χ0v) is 13.7. The lowest BCUT2D eigenvalue weighted by molar-refractivity contribution is 0.445. The van der Waals surface area contributed by atoms with E-state index in [4.69, 9.17) is 5.41 Å². The monoisotopic (exact) mass is 274 g/mol. The quantitative estimate of drug-likeness (QED) is 0.648. The molecule has 0 amide bonds. The molecule has 0 radical (unpaired) electrons. The molecule has 0 aliphatic heterocycles. The minimum absolute atomic E-state index is 0.496. The summed E-state index contributed by atoms with van der Waals surface area (Å²) in [6.07, 6.45) is 12.0. The predicted molar refractivity (Wildman–Crippen MR) is 89.1 cm³/mol. The molecule has 0 saturated heterocycles. The number of hydrogen-bond donors (Lipinski definition) is 2. The molecule has 1 aliphatic carbocycles. The first kappa shape index (κ1) is 16.7. The minimum atomic E-state index is 0.496. The van der Waals surface area contributed by atoms with Gasteiger partial charge in [-0.2, -0.15) is 0 Å². The number of nitrogens with one attached hydrogen (secondary N) is 2. The highest BCUT2D eigenvalue weighted by Crippen LogP contribution is 2.36. The van der Waals surface area contributed by atoms with E-state index in [9.17, 15) is 0 Å². The molecule has 0 aromatic carbocycles. The number of allylic oxidation sites excluding steroid dienone is 5. The normalized spacial score (nSPS) is 23.4. The van der Waals surface area contributed by atoms with Gasteiger partial charge in [0.15, 0.2) is 0 Å². The molecule has 112 valence electrons. The number of unbranched alkanes of at least 4 members (excludes halogenated alkanes) is 1. The van der Waals surface area contributed by atoms with E-state index in [1.54, 1.807) is 0 Å². The summed E-state index contributed by atoms with van der Waals surface area (Å²) >= 11 is 0. The Kier molecular flexibility index (Phi) is 6.77. The molecule has 2 nitrogen and oxygen atoms in total. The van der Waals surface area contributed by atoms with Crippen LogP contribution in [0.25, 0.3) is 0 Å². The van der Waals surface area contributed by atoms with Crippen LogP contribution in [0.2, 0.25) is 0 Å². The second-order valence-electron chi connectivity index (χ2n) is 6.05. The lowest BCUT2D eigenvalue weighted by Crippen LogP contribution is -2.18. The third kappa shape index (κ3) is 4.09. The van der Waals surface area contributed by atoms with Crippen LogP contribution in [0.15, 0.2) is 35.1 Å². The van der Waals surface area contributed by atoms with Gasteiger partial charge in [0.2, 0.25) is 0 Å². The summed E-state index contributed by atoms with van der Waals surface area (Å²) < 4.78 is 0. The van der Waals surface area contributed by atoms with Gasteiger partial charge < -0.3 is 10.7 Å². The molecule has 0 heterocycles. The molecule has 2 atom stereocenters. The molecule has 0 fully saturated rings. The van der Waals surface area contributed by atoms with Gasteiger partial charge in [-0.25, -0.2) is 0 Å².